The Bertz CT molecular complexity index is 438. The molecule has 0 saturated carbocycles. The number of carbonyl (C=O) groups excluding carboxylic acids is 1. The zero-order valence-electron chi connectivity index (χ0n) is 9.64. The molecule has 0 aliphatic rings. The van der Waals surface area contributed by atoms with Gasteiger partial charge in [0, 0.05) is 18.7 Å². The van der Waals surface area contributed by atoms with Crippen LogP contribution in [0.3, 0.4) is 0 Å². The summed E-state index contributed by atoms with van der Waals surface area (Å²) in [7, 11) is 0. The molecular formula is C13H15NO3. The van der Waals surface area contributed by atoms with Crippen molar-refractivity contribution in [1.29, 1.82) is 0 Å². The SMILES string of the molecule is CCc1ccccc1CNC(=O)C=CC(=O)O. The van der Waals surface area contributed by atoms with Crippen LogP contribution in [0.1, 0.15) is 18.1 Å². The van der Waals surface area contributed by atoms with Crippen LogP contribution < -0.4 is 5.32 Å². The number of aliphatic carboxylic acids is 1. The van der Waals surface area contributed by atoms with Crippen molar-refractivity contribution in [1.82, 2.24) is 5.32 Å². The van der Waals surface area contributed by atoms with E-state index >= 15 is 0 Å². The van der Waals surface area contributed by atoms with Crippen molar-refractivity contribution < 1.29 is 14.7 Å². The van der Waals surface area contributed by atoms with Gasteiger partial charge in [-0.2, -0.15) is 0 Å². The third-order valence-corrected chi connectivity index (χ3v) is 2.33. The Morgan fingerprint density at radius 2 is 1.88 bits per heavy atom. The maximum absolute atomic E-state index is 11.3. The second-order valence-corrected chi connectivity index (χ2v) is 3.51. The average Bonchev–Trinajstić information content (AvgIpc) is 2.34. The first-order valence-corrected chi connectivity index (χ1v) is 5.39. The van der Waals surface area contributed by atoms with Crippen LogP contribution in [-0.2, 0) is 22.6 Å². The highest BCUT2D eigenvalue weighted by Gasteiger charge is 2.01. The van der Waals surface area contributed by atoms with Crippen LogP contribution >= 0.6 is 0 Å². The first-order valence-electron chi connectivity index (χ1n) is 5.39. The van der Waals surface area contributed by atoms with E-state index in [-0.39, 0.29) is 0 Å². The van der Waals surface area contributed by atoms with Crippen molar-refractivity contribution in [2.24, 2.45) is 0 Å². The van der Waals surface area contributed by atoms with Gasteiger partial charge in [-0.05, 0) is 17.5 Å². The molecule has 0 spiro atoms. The number of hydrogen-bond donors (Lipinski definition) is 2. The van der Waals surface area contributed by atoms with E-state index in [0.29, 0.717) is 6.54 Å². The number of nitrogens with one attached hydrogen (secondary N) is 1. The first-order chi connectivity index (χ1) is 8.13. The normalized spacial score (nSPS) is 10.4. The van der Waals surface area contributed by atoms with Crippen LogP contribution in [0.5, 0.6) is 0 Å². The minimum atomic E-state index is -1.13. The second kappa shape index (κ2) is 6.48. The third kappa shape index (κ3) is 4.51. The van der Waals surface area contributed by atoms with Crippen LogP contribution in [0.15, 0.2) is 36.4 Å². The van der Waals surface area contributed by atoms with Gasteiger partial charge in [-0.3, -0.25) is 4.79 Å². The number of aryl methyl sites for hydroxylation is 1. The fraction of sp³-hybridized carbons (Fsp3) is 0.231. The number of carbonyl (C=O) groups is 2. The van der Waals surface area contributed by atoms with Crippen molar-refractivity contribution in [3.63, 3.8) is 0 Å². The molecule has 0 aliphatic heterocycles. The van der Waals surface area contributed by atoms with Crippen molar-refractivity contribution in [3.05, 3.63) is 47.5 Å². The Balaban J connectivity index is 2.55. The molecule has 0 aromatic heterocycles. The van der Waals surface area contributed by atoms with Gasteiger partial charge < -0.3 is 10.4 Å². The number of benzene rings is 1. The number of rotatable bonds is 5. The summed E-state index contributed by atoms with van der Waals surface area (Å²) >= 11 is 0. The summed E-state index contributed by atoms with van der Waals surface area (Å²) < 4.78 is 0. The predicted molar refractivity (Wildman–Crippen MR) is 64.4 cm³/mol. The molecule has 1 rings (SSSR count). The van der Waals surface area contributed by atoms with E-state index in [9.17, 15) is 9.59 Å². The molecule has 0 atom stereocenters. The van der Waals surface area contributed by atoms with Crippen LogP contribution in [0.4, 0.5) is 0 Å². The summed E-state index contributed by atoms with van der Waals surface area (Å²) in [5, 5.41) is 11.0. The number of carboxylic acid groups (broad SMARTS) is 1. The van der Waals surface area contributed by atoms with Gasteiger partial charge in [0.2, 0.25) is 5.91 Å². The van der Waals surface area contributed by atoms with Crippen molar-refractivity contribution >= 4 is 11.9 Å². The monoisotopic (exact) mass is 233 g/mol. The van der Waals surface area contributed by atoms with Gasteiger partial charge in [0.1, 0.15) is 0 Å². The number of carboxylic acids is 1. The Labute approximate surface area is 100.0 Å². The largest absolute Gasteiger partial charge is 0.478 e. The van der Waals surface area contributed by atoms with E-state index in [2.05, 4.69) is 5.32 Å². The lowest BCUT2D eigenvalue weighted by Crippen LogP contribution is -2.21. The van der Waals surface area contributed by atoms with E-state index in [0.717, 1.165) is 24.1 Å². The summed E-state index contributed by atoms with van der Waals surface area (Å²) in [6.07, 6.45) is 2.73. The second-order valence-electron chi connectivity index (χ2n) is 3.51. The predicted octanol–water partition coefficient (Wildman–Crippen LogP) is 1.51. The fourth-order valence-corrected chi connectivity index (χ4v) is 1.46. The molecule has 0 saturated heterocycles. The fourth-order valence-electron chi connectivity index (χ4n) is 1.46. The van der Waals surface area contributed by atoms with Crippen molar-refractivity contribution in [2.75, 3.05) is 0 Å². The van der Waals surface area contributed by atoms with E-state index in [1.807, 2.05) is 31.2 Å². The molecule has 1 aromatic rings. The molecule has 0 bridgehead atoms. The molecule has 0 heterocycles. The Morgan fingerprint density at radius 3 is 2.47 bits per heavy atom. The summed E-state index contributed by atoms with van der Waals surface area (Å²) in [5.74, 6) is -1.53. The van der Waals surface area contributed by atoms with E-state index in [1.54, 1.807) is 0 Å². The molecule has 4 heteroatoms. The van der Waals surface area contributed by atoms with E-state index < -0.39 is 11.9 Å². The Kier molecular flexibility index (Phi) is 4.94. The lowest BCUT2D eigenvalue weighted by Gasteiger charge is -2.07. The first kappa shape index (κ1) is 13.0. The molecule has 4 nitrogen and oxygen atoms in total. The van der Waals surface area contributed by atoms with E-state index in [4.69, 9.17) is 5.11 Å². The molecule has 2 N–H and O–H groups in total. The Morgan fingerprint density at radius 1 is 1.24 bits per heavy atom. The third-order valence-electron chi connectivity index (χ3n) is 2.33. The highest BCUT2D eigenvalue weighted by Crippen LogP contribution is 2.08. The molecule has 90 valence electrons. The maximum Gasteiger partial charge on any atom is 0.328 e. The van der Waals surface area contributed by atoms with Crippen LogP contribution in [0, 0.1) is 0 Å². The van der Waals surface area contributed by atoms with Crippen molar-refractivity contribution in [2.45, 2.75) is 19.9 Å². The quantitative estimate of drug-likeness (QED) is 0.757. The summed E-state index contributed by atoms with van der Waals surface area (Å²) in [4.78, 5) is 21.5. The molecule has 0 fully saturated rings. The molecule has 1 aromatic carbocycles. The number of hydrogen-bond acceptors (Lipinski definition) is 2. The molecule has 17 heavy (non-hydrogen) atoms. The summed E-state index contributed by atoms with van der Waals surface area (Å²) in [6.45, 7) is 2.46. The smallest absolute Gasteiger partial charge is 0.328 e. The van der Waals surface area contributed by atoms with Crippen molar-refractivity contribution in [3.8, 4) is 0 Å². The standard InChI is InChI=1S/C13H15NO3/c1-2-10-5-3-4-6-11(10)9-14-12(15)7-8-13(16)17/h3-8H,2,9H2,1H3,(H,14,15)(H,16,17). The van der Waals surface area contributed by atoms with Gasteiger partial charge in [0.25, 0.3) is 0 Å². The molecule has 0 aliphatic carbocycles. The van der Waals surface area contributed by atoms with E-state index in [1.165, 1.54) is 5.56 Å². The topological polar surface area (TPSA) is 66.4 Å². The van der Waals surface area contributed by atoms with Gasteiger partial charge in [0.15, 0.2) is 0 Å². The van der Waals surface area contributed by atoms with Crippen LogP contribution in [0.2, 0.25) is 0 Å². The zero-order valence-corrected chi connectivity index (χ0v) is 9.64. The maximum atomic E-state index is 11.3. The average molecular weight is 233 g/mol. The minimum absolute atomic E-state index is 0.404. The molecule has 0 unspecified atom stereocenters. The summed E-state index contributed by atoms with van der Waals surface area (Å²) in [6, 6.07) is 7.82. The lowest BCUT2D eigenvalue weighted by molar-refractivity contribution is -0.131. The van der Waals surface area contributed by atoms with Gasteiger partial charge in [-0.1, -0.05) is 31.2 Å². The molecule has 0 radical (unpaired) electrons. The van der Waals surface area contributed by atoms with Gasteiger partial charge in [-0.25, -0.2) is 4.79 Å². The highest BCUT2D eigenvalue weighted by molar-refractivity contribution is 5.93. The van der Waals surface area contributed by atoms with Gasteiger partial charge in [0.05, 0.1) is 0 Å². The van der Waals surface area contributed by atoms with Gasteiger partial charge in [-0.15, -0.1) is 0 Å². The Hall–Kier alpha value is -2.10. The summed E-state index contributed by atoms with van der Waals surface area (Å²) in [5.41, 5.74) is 2.22. The number of amides is 1. The van der Waals surface area contributed by atoms with Crippen LogP contribution in [-0.4, -0.2) is 17.0 Å². The van der Waals surface area contributed by atoms with Crippen LogP contribution in [0.25, 0.3) is 0 Å². The minimum Gasteiger partial charge on any atom is -0.478 e. The highest BCUT2D eigenvalue weighted by atomic mass is 16.4. The van der Waals surface area contributed by atoms with Gasteiger partial charge >= 0.3 is 5.97 Å². The zero-order chi connectivity index (χ0) is 12.7. The molecule has 1 amide bonds. The lowest BCUT2D eigenvalue weighted by atomic mass is 10.1. The molecular weight excluding hydrogens is 218 g/mol.